The highest BCUT2D eigenvalue weighted by molar-refractivity contribution is 5.86. The largest absolute Gasteiger partial charge is 0.346 e. The zero-order chi connectivity index (χ0) is 20.3. The molecular formula is C20H42N4O. The number of hydrogen-bond donors (Lipinski definition) is 4. The number of ketones is 1. The highest BCUT2D eigenvalue weighted by Gasteiger charge is 2.40. The summed E-state index contributed by atoms with van der Waals surface area (Å²) in [6.45, 7) is 18.0. The number of hydrogen-bond acceptors (Lipinski definition) is 5. The Bertz CT molecular complexity index is 364. The molecule has 0 aromatic heterocycles. The fraction of sp³-hybridized carbons (Fsp3) is 0.800. The Hall–Kier alpha value is -1.38. The Labute approximate surface area is 156 Å². The second-order valence-corrected chi connectivity index (χ2v) is 6.09. The van der Waals surface area contributed by atoms with Crippen LogP contribution in [0.25, 0.3) is 0 Å². The fourth-order valence-corrected chi connectivity index (χ4v) is 2.50. The molecule has 0 aromatic carbocycles. The summed E-state index contributed by atoms with van der Waals surface area (Å²) in [5.41, 5.74) is 5.38. The van der Waals surface area contributed by atoms with Gasteiger partial charge in [-0.3, -0.25) is 4.79 Å². The Morgan fingerprint density at radius 2 is 2.00 bits per heavy atom. The summed E-state index contributed by atoms with van der Waals surface area (Å²) < 4.78 is 0. The molecule has 0 saturated carbocycles. The van der Waals surface area contributed by atoms with Crippen molar-refractivity contribution < 1.29 is 4.79 Å². The Balaban J connectivity index is -0.000000329. The smallest absolute Gasteiger partial charge is 0.149 e. The lowest BCUT2D eigenvalue weighted by Gasteiger charge is -2.43. The molecule has 1 heterocycles. The maximum atomic E-state index is 10.8. The van der Waals surface area contributed by atoms with Crippen LogP contribution in [0.15, 0.2) is 0 Å². The van der Waals surface area contributed by atoms with Crippen LogP contribution in [-0.2, 0) is 4.79 Å². The first kappa shape index (κ1) is 28.4. The quantitative estimate of drug-likeness (QED) is 0.244. The highest BCUT2D eigenvalue weighted by atomic mass is 16.1. The second kappa shape index (κ2) is 19.0. The van der Waals surface area contributed by atoms with Gasteiger partial charge in [-0.05, 0) is 66.1 Å². The molecule has 1 fully saturated rings. The number of carbonyl (C=O) groups is 1. The summed E-state index contributed by atoms with van der Waals surface area (Å²) in [7, 11) is 0. The number of rotatable bonds is 7. The van der Waals surface area contributed by atoms with E-state index in [9.17, 15) is 4.79 Å². The molecule has 1 saturated heterocycles. The zero-order valence-corrected chi connectivity index (χ0v) is 17.6. The summed E-state index contributed by atoms with van der Waals surface area (Å²) in [5.74, 6) is 3.74. The molecule has 5 nitrogen and oxygen atoms in total. The van der Waals surface area contributed by atoms with Crippen LogP contribution in [0.5, 0.6) is 0 Å². The lowest BCUT2D eigenvalue weighted by atomic mass is 9.81. The number of Topliss-reactive ketones (excluding diaryl/α,β-unsaturated/α-hetero) is 1. The standard InChI is InChI=1S/C10H20N2.C7H13NO.C2H6.CH3N/c1-3-7-12-8-5-6-10(4-2)9-11;1-5-4-7(3,8-5)6(2)9;2*1-2/h10,12H,4-6,8-9,11H2,1-2H3;5,8H,4H2,1-3H3;1-2H3;2H,1H2. The monoisotopic (exact) mass is 354 g/mol. The molecule has 0 radical (unpaired) electrons. The van der Waals surface area contributed by atoms with Gasteiger partial charge in [-0.25, -0.2) is 0 Å². The third kappa shape index (κ3) is 14.7. The molecule has 0 amide bonds. The molecule has 1 aliphatic rings. The topological polar surface area (TPSA) is 91.0 Å². The van der Waals surface area contributed by atoms with E-state index in [2.05, 4.69) is 43.2 Å². The SMILES string of the molecule is C=N.CC.CC#CNCCCC(CC)CN.CC(=O)C1(C)CC(C)N1. The van der Waals surface area contributed by atoms with E-state index in [1.54, 1.807) is 6.92 Å². The highest BCUT2D eigenvalue weighted by Crippen LogP contribution is 2.24. The molecule has 0 aromatic rings. The predicted molar refractivity (Wildman–Crippen MR) is 111 cm³/mol. The van der Waals surface area contributed by atoms with Gasteiger partial charge in [0.2, 0.25) is 0 Å². The van der Waals surface area contributed by atoms with E-state index in [1.165, 1.54) is 19.3 Å². The minimum atomic E-state index is -0.195. The number of carbonyl (C=O) groups excluding carboxylic acids is 1. The van der Waals surface area contributed by atoms with Crippen LogP contribution in [0.3, 0.4) is 0 Å². The van der Waals surface area contributed by atoms with Crippen molar-refractivity contribution >= 4 is 12.5 Å². The molecule has 1 aliphatic heterocycles. The first-order valence-corrected chi connectivity index (χ1v) is 9.38. The summed E-state index contributed by atoms with van der Waals surface area (Å²) in [5, 5.41) is 11.7. The fourth-order valence-electron chi connectivity index (χ4n) is 2.50. The van der Waals surface area contributed by atoms with Crippen LogP contribution in [0.4, 0.5) is 0 Å². The molecular weight excluding hydrogens is 312 g/mol. The van der Waals surface area contributed by atoms with E-state index in [0.717, 1.165) is 19.5 Å². The van der Waals surface area contributed by atoms with Gasteiger partial charge in [0.05, 0.1) is 5.54 Å². The van der Waals surface area contributed by atoms with Gasteiger partial charge in [0, 0.05) is 18.6 Å². The van der Waals surface area contributed by atoms with Gasteiger partial charge >= 0.3 is 0 Å². The van der Waals surface area contributed by atoms with Crippen molar-refractivity contribution in [1.29, 1.82) is 5.41 Å². The molecule has 148 valence electrons. The normalized spacial score (nSPS) is 21.0. The molecule has 3 atom stereocenters. The molecule has 0 spiro atoms. The summed E-state index contributed by atoms with van der Waals surface area (Å²) >= 11 is 0. The molecule has 25 heavy (non-hydrogen) atoms. The van der Waals surface area contributed by atoms with E-state index < -0.39 is 0 Å². The van der Waals surface area contributed by atoms with Crippen molar-refractivity contribution in [2.75, 3.05) is 13.1 Å². The molecule has 0 aliphatic carbocycles. The van der Waals surface area contributed by atoms with Gasteiger partial charge in [-0.2, -0.15) is 0 Å². The lowest BCUT2D eigenvalue weighted by molar-refractivity contribution is -0.126. The van der Waals surface area contributed by atoms with Crippen molar-refractivity contribution in [3.8, 4) is 12.0 Å². The maximum Gasteiger partial charge on any atom is 0.149 e. The Kier molecular flexibility index (Phi) is 21.5. The van der Waals surface area contributed by atoms with Gasteiger partial charge in [-0.1, -0.05) is 33.1 Å². The van der Waals surface area contributed by atoms with Crippen molar-refractivity contribution in [3.63, 3.8) is 0 Å². The minimum Gasteiger partial charge on any atom is -0.346 e. The zero-order valence-electron chi connectivity index (χ0n) is 17.6. The summed E-state index contributed by atoms with van der Waals surface area (Å²) in [6, 6.07) is 3.35. The van der Waals surface area contributed by atoms with Crippen molar-refractivity contribution in [1.82, 2.24) is 10.6 Å². The van der Waals surface area contributed by atoms with Crippen molar-refractivity contribution in [2.24, 2.45) is 11.7 Å². The minimum absolute atomic E-state index is 0.195. The first-order chi connectivity index (χ1) is 11.9. The first-order valence-electron chi connectivity index (χ1n) is 9.38. The van der Waals surface area contributed by atoms with Gasteiger partial charge in [0.25, 0.3) is 0 Å². The van der Waals surface area contributed by atoms with Crippen LogP contribution in [0, 0.1) is 23.3 Å². The molecule has 1 rings (SSSR count). The maximum absolute atomic E-state index is 10.8. The lowest BCUT2D eigenvalue weighted by Crippen LogP contribution is -2.64. The van der Waals surface area contributed by atoms with Crippen LogP contribution in [0.2, 0.25) is 0 Å². The molecule has 5 N–H and O–H groups in total. The van der Waals surface area contributed by atoms with Crippen LogP contribution in [-0.4, -0.2) is 37.2 Å². The second-order valence-electron chi connectivity index (χ2n) is 6.09. The third-order valence-electron chi connectivity index (χ3n) is 4.09. The van der Waals surface area contributed by atoms with Gasteiger partial charge < -0.3 is 21.8 Å². The van der Waals surface area contributed by atoms with E-state index >= 15 is 0 Å². The predicted octanol–water partition coefficient (Wildman–Crippen LogP) is 3.33. The van der Waals surface area contributed by atoms with Gasteiger partial charge in [-0.15, -0.1) is 0 Å². The molecule has 0 bridgehead atoms. The summed E-state index contributed by atoms with van der Waals surface area (Å²) in [4.78, 5) is 10.8. The average Bonchev–Trinajstić information content (AvgIpc) is 2.61. The molecule has 5 heteroatoms. The Morgan fingerprint density at radius 1 is 1.48 bits per heavy atom. The number of nitrogens with one attached hydrogen (secondary N) is 3. The van der Waals surface area contributed by atoms with E-state index in [-0.39, 0.29) is 11.3 Å². The van der Waals surface area contributed by atoms with Crippen LogP contribution < -0.4 is 16.4 Å². The molecule has 3 unspecified atom stereocenters. The van der Waals surface area contributed by atoms with Gasteiger partial charge in [0.15, 0.2) is 0 Å². The Morgan fingerprint density at radius 3 is 2.28 bits per heavy atom. The third-order valence-corrected chi connectivity index (χ3v) is 4.09. The van der Waals surface area contributed by atoms with Crippen molar-refractivity contribution in [3.05, 3.63) is 0 Å². The van der Waals surface area contributed by atoms with Crippen molar-refractivity contribution in [2.45, 2.75) is 85.7 Å². The summed E-state index contributed by atoms with van der Waals surface area (Å²) in [6.07, 6.45) is 4.56. The van der Waals surface area contributed by atoms with E-state index in [4.69, 9.17) is 11.1 Å². The van der Waals surface area contributed by atoms with Crippen LogP contribution in [0.1, 0.15) is 74.1 Å². The van der Waals surface area contributed by atoms with E-state index in [1.807, 2.05) is 27.7 Å². The van der Waals surface area contributed by atoms with E-state index in [0.29, 0.717) is 12.0 Å². The van der Waals surface area contributed by atoms with Crippen LogP contribution >= 0.6 is 0 Å². The average molecular weight is 355 g/mol. The van der Waals surface area contributed by atoms with Gasteiger partial charge in [0.1, 0.15) is 5.78 Å². The number of nitrogens with two attached hydrogens (primary N) is 1.